The molecule has 0 bridgehead atoms. The number of aromatic nitrogens is 2. The monoisotopic (exact) mass is 421 g/mol. The second-order valence-corrected chi connectivity index (χ2v) is 8.46. The van der Waals surface area contributed by atoms with Crippen LogP contribution in [0.25, 0.3) is 10.9 Å². The molecule has 26 heavy (non-hydrogen) atoms. The molecule has 1 aromatic heterocycles. The van der Waals surface area contributed by atoms with E-state index in [0.29, 0.717) is 13.1 Å². The molecule has 1 fully saturated rings. The number of carbonyl (C=O) groups excluding carboxylic acids is 1. The van der Waals surface area contributed by atoms with Crippen LogP contribution in [0, 0.1) is 6.92 Å². The minimum Gasteiger partial charge on any atom is -0.488 e. The highest BCUT2D eigenvalue weighted by Gasteiger charge is 2.28. The van der Waals surface area contributed by atoms with Crippen LogP contribution in [0.5, 0.6) is 5.75 Å². The SMILES string of the molecule is Cc1ncnc2c(OC3CCN(C(=O)OC(C)(C)C)CC3)cc(Br)cc12. The number of hydrogen-bond acceptors (Lipinski definition) is 5. The van der Waals surface area contributed by atoms with Crippen molar-refractivity contribution >= 4 is 32.9 Å². The van der Waals surface area contributed by atoms with Crippen LogP contribution in [0.2, 0.25) is 0 Å². The Morgan fingerprint density at radius 1 is 1.23 bits per heavy atom. The van der Waals surface area contributed by atoms with Gasteiger partial charge in [-0.2, -0.15) is 0 Å². The number of rotatable bonds is 2. The number of likely N-dealkylation sites (tertiary alicyclic amines) is 1. The molecular formula is C19H24BrN3O3. The Morgan fingerprint density at radius 3 is 2.58 bits per heavy atom. The van der Waals surface area contributed by atoms with E-state index in [-0.39, 0.29) is 12.2 Å². The van der Waals surface area contributed by atoms with Gasteiger partial charge in [-0.1, -0.05) is 15.9 Å². The van der Waals surface area contributed by atoms with Gasteiger partial charge in [0.05, 0.1) is 0 Å². The van der Waals surface area contributed by atoms with Gasteiger partial charge in [0.25, 0.3) is 0 Å². The van der Waals surface area contributed by atoms with Crippen molar-refractivity contribution in [2.24, 2.45) is 0 Å². The number of nitrogens with zero attached hydrogens (tertiary/aromatic N) is 3. The number of fused-ring (bicyclic) bond motifs is 1. The van der Waals surface area contributed by atoms with E-state index in [2.05, 4.69) is 25.9 Å². The molecule has 1 aromatic carbocycles. The van der Waals surface area contributed by atoms with E-state index in [1.165, 1.54) is 0 Å². The first-order chi connectivity index (χ1) is 12.2. The summed E-state index contributed by atoms with van der Waals surface area (Å²) in [6.07, 6.45) is 2.87. The van der Waals surface area contributed by atoms with Crippen LogP contribution in [0.3, 0.4) is 0 Å². The molecule has 0 aliphatic carbocycles. The zero-order chi connectivity index (χ0) is 18.9. The van der Waals surface area contributed by atoms with E-state index in [0.717, 1.165) is 39.7 Å². The van der Waals surface area contributed by atoms with E-state index >= 15 is 0 Å². The molecule has 3 rings (SSSR count). The van der Waals surface area contributed by atoms with Gasteiger partial charge in [0.15, 0.2) is 0 Å². The number of hydrogen-bond donors (Lipinski definition) is 0. The molecular weight excluding hydrogens is 398 g/mol. The van der Waals surface area contributed by atoms with Gasteiger partial charge in [-0.05, 0) is 39.8 Å². The Balaban J connectivity index is 1.68. The average molecular weight is 422 g/mol. The van der Waals surface area contributed by atoms with E-state index in [9.17, 15) is 4.79 Å². The largest absolute Gasteiger partial charge is 0.488 e. The second-order valence-electron chi connectivity index (χ2n) is 7.54. The number of amides is 1. The lowest BCUT2D eigenvalue weighted by atomic mass is 10.1. The highest BCUT2D eigenvalue weighted by atomic mass is 79.9. The molecule has 0 N–H and O–H groups in total. The van der Waals surface area contributed by atoms with Crippen LogP contribution in [0.15, 0.2) is 22.9 Å². The van der Waals surface area contributed by atoms with Crippen molar-refractivity contribution in [2.45, 2.75) is 52.2 Å². The Hall–Kier alpha value is -1.89. The number of aryl methyl sites for hydroxylation is 1. The first kappa shape index (κ1) is 18.9. The summed E-state index contributed by atoms with van der Waals surface area (Å²) in [5.41, 5.74) is 1.26. The first-order valence-corrected chi connectivity index (χ1v) is 9.58. The van der Waals surface area contributed by atoms with Crippen molar-refractivity contribution in [2.75, 3.05) is 13.1 Å². The summed E-state index contributed by atoms with van der Waals surface area (Å²) < 4.78 is 12.6. The molecule has 1 amide bonds. The summed E-state index contributed by atoms with van der Waals surface area (Å²) >= 11 is 3.53. The zero-order valence-corrected chi connectivity index (χ0v) is 17.2. The Labute approximate surface area is 162 Å². The fourth-order valence-corrected chi connectivity index (χ4v) is 3.41. The van der Waals surface area contributed by atoms with Crippen molar-refractivity contribution in [3.05, 3.63) is 28.6 Å². The fraction of sp³-hybridized carbons (Fsp3) is 0.526. The Morgan fingerprint density at radius 2 is 1.92 bits per heavy atom. The molecule has 6 nitrogen and oxygen atoms in total. The lowest BCUT2D eigenvalue weighted by molar-refractivity contribution is 0.0127. The molecule has 140 valence electrons. The quantitative estimate of drug-likeness (QED) is 0.714. The van der Waals surface area contributed by atoms with Gasteiger partial charge in [0.2, 0.25) is 0 Å². The van der Waals surface area contributed by atoms with Gasteiger partial charge in [-0.25, -0.2) is 14.8 Å². The first-order valence-electron chi connectivity index (χ1n) is 8.78. The molecule has 1 saturated heterocycles. The Bertz CT molecular complexity index is 812. The molecule has 0 radical (unpaired) electrons. The minimum atomic E-state index is -0.475. The zero-order valence-electron chi connectivity index (χ0n) is 15.6. The van der Waals surface area contributed by atoms with Crippen molar-refractivity contribution in [3.8, 4) is 5.75 Å². The van der Waals surface area contributed by atoms with Crippen LogP contribution in [0.4, 0.5) is 4.79 Å². The van der Waals surface area contributed by atoms with E-state index in [1.807, 2.05) is 39.8 Å². The molecule has 0 spiro atoms. The van der Waals surface area contributed by atoms with Gasteiger partial charge in [-0.3, -0.25) is 0 Å². The number of benzene rings is 1. The maximum absolute atomic E-state index is 12.2. The molecule has 0 unspecified atom stereocenters. The molecule has 0 atom stereocenters. The smallest absolute Gasteiger partial charge is 0.410 e. The van der Waals surface area contributed by atoms with Crippen molar-refractivity contribution < 1.29 is 14.3 Å². The van der Waals surface area contributed by atoms with E-state index < -0.39 is 5.60 Å². The molecule has 2 heterocycles. The molecule has 1 aliphatic rings. The highest BCUT2D eigenvalue weighted by molar-refractivity contribution is 9.10. The minimum absolute atomic E-state index is 0.0430. The van der Waals surface area contributed by atoms with Crippen LogP contribution < -0.4 is 4.74 Å². The number of ether oxygens (including phenoxy) is 2. The Kier molecular flexibility index (Phi) is 5.37. The summed E-state index contributed by atoms with van der Waals surface area (Å²) in [6, 6.07) is 3.94. The van der Waals surface area contributed by atoms with E-state index in [4.69, 9.17) is 9.47 Å². The summed E-state index contributed by atoms with van der Waals surface area (Å²) in [4.78, 5) is 22.6. The maximum atomic E-state index is 12.2. The number of carbonyl (C=O) groups is 1. The highest BCUT2D eigenvalue weighted by Crippen LogP contribution is 2.31. The van der Waals surface area contributed by atoms with Crippen molar-refractivity contribution in [1.29, 1.82) is 0 Å². The van der Waals surface area contributed by atoms with Gasteiger partial charge in [0.1, 0.15) is 29.3 Å². The van der Waals surface area contributed by atoms with Crippen LogP contribution >= 0.6 is 15.9 Å². The lowest BCUT2D eigenvalue weighted by Gasteiger charge is -2.33. The predicted molar refractivity (Wildman–Crippen MR) is 103 cm³/mol. The van der Waals surface area contributed by atoms with Gasteiger partial charge >= 0.3 is 6.09 Å². The van der Waals surface area contributed by atoms with Crippen molar-refractivity contribution in [3.63, 3.8) is 0 Å². The molecule has 7 heteroatoms. The summed E-state index contributed by atoms with van der Waals surface area (Å²) in [5.74, 6) is 0.746. The third-order valence-electron chi connectivity index (χ3n) is 4.26. The lowest BCUT2D eigenvalue weighted by Crippen LogP contribution is -2.44. The number of piperidine rings is 1. The fourth-order valence-electron chi connectivity index (χ4n) is 2.98. The molecule has 1 aliphatic heterocycles. The van der Waals surface area contributed by atoms with E-state index in [1.54, 1.807) is 11.2 Å². The topological polar surface area (TPSA) is 64.6 Å². The average Bonchev–Trinajstić information content (AvgIpc) is 2.55. The molecule has 0 saturated carbocycles. The van der Waals surface area contributed by atoms with Gasteiger partial charge < -0.3 is 14.4 Å². The second kappa shape index (κ2) is 7.39. The van der Waals surface area contributed by atoms with Crippen molar-refractivity contribution in [1.82, 2.24) is 14.9 Å². The van der Waals surface area contributed by atoms with Crippen LogP contribution in [-0.4, -0.2) is 45.8 Å². The predicted octanol–water partition coefficient (Wildman–Crippen LogP) is 4.48. The van der Waals surface area contributed by atoms with Gasteiger partial charge in [0, 0.05) is 41.5 Å². The van der Waals surface area contributed by atoms with Crippen LogP contribution in [0.1, 0.15) is 39.3 Å². The maximum Gasteiger partial charge on any atom is 0.410 e. The molecule has 2 aromatic rings. The summed E-state index contributed by atoms with van der Waals surface area (Å²) in [5, 5.41) is 0.975. The normalized spacial score (nSPS) is 16.0. The number of halogens is 1. The third-order valence-corrected chi connectivity index (χ3v) is 4.71. The third kappa shape index (κ3) is 4.44. The van der Waals surface area contributed by atoms with Gasteiger partial charge in [-0.15, -0.1) is 0 Å². The van der Waals surface area contributed by atoms with Crippen LogP contribution in [-0.2, 0) is 4.74 Å². The summed E-state index contributed by atoms with van der Waals surface area (Å²) in [6.45, 7) is 8.84. The summed E-state index contributed by atoms with van der Waals surface area (Å²) in [7, 11) is 0. The standard InChI is InChI=1S/C19H24BrN3O3/c1-12-15-9-13(20)10-16(17(15)22-11-21-12)25-14-5-7-23(8-6-14)18(24)26-19(2,3)4/h9-11,14H,5-8H2,1-4H3.